The molecular formula is C17H22N2O2. The predicted molar refractivity (Wildman–Crippen MR) is 81.1 cm³/mol. The van der Waals surface area contributed by atoms with Crippen LogP contribution in [-0.2, 0) is 4.79 Å². The second kappa shape index (κ2) is 5.60. The molecule has 1 aromatic carbocycles. The molecule has 1 heterocycles. The molecule has 4 heteroatoms. The first-order chi connectivity index (χ1) is 10.1. The van der Waals surface area contributed by atoms with Gasteiger partial charge in [-0.1, -0.05) is 25.1 Å². The minimum Gasteiger partial charge on any atom is -0.336 e. The van der Waals surface area contributed by atoms with E-state index in [1.54, 1.807) is 0 Å². The van der Waals surface area contributed by atoms with Crippen LogP contribution in [0.15, 0.2) is 30.3 Å². The van der Waals surface area contributed by atoms with Crippen LogP contribution in [-0.4, -0.2) is 54.2 Å². The van der Waals surface area contributed by atoms with E-state index in [1.807, 2.05) is 35.2 Å². The van der Waals surface area contributed by atoms with Gasteiger partial charge in [0, 0.05) is 37.2 Å². The molecular weight excluding hydrogens is 264 g/mol. The van der Waals surface area contributed by atoms with Gasteiger partial charge in [-0.15, -0.1) is 0 Å². The Morgan fingerprint density at radius 2 is 1.67 bits per heavy atom. The van der Waals surface area contributed by atoms with Crippen molar-refractivity contribution in [2.75, 3.05) is 32.7 Å². The van der Waals surface area contributed by atoms with Gasteiger partial charge in [-0.25, -0.2) is 0 Å². The summed E-state index contributed by atoms with van der Waals surface area (Å²) in [6.45, 7) is 5.60. The van der Waals surface area contributed by atoms with Crippen molar-refractivity contribution in [3.8, 4) is 0 Å². The number of carbonyl (C=O) groups is 2. The first kappa shape index (κ1) is 14.3. The van der Waals surface area contributed by atoms with E-state index in [9.17, 15) is 9.59 Å². The van der Waals surface area contributed by atoms with Gasteiger partial charge < -0.3 is 4.90 Å². The molecule has 0 bridgehead atoms. The molecule has 2 fully saturated rings. The van der Waals surface area contributed by atoms with E-state index in [4.69, 9.17) is 0 Å². The van der Waals surface area contributed by atoms with E-state index in [0.717, 1.165) is 31.5 Å². The molecule has 1 aliphatic heterocycles. The van der Waals surface area contributed by atoms with Crippen LogP contribution in [0.2, 0.25) is 0 Å². The van der Waals surface area contributed by atoms with Gasteiger partial charge in [0.15, 0.2) is 5.78 Å². The lowest BCUT2D eigenvalue weighted by atomic mass is 10.0. The third-order valence-corrected chi connectivity index (χ3v) is 4.72. The molecule has 21 heavy (non-hydrogen) atoms. The number of amides is 1. The van der Waals surface area contributed by atoms with E-state index in [-0.39, 0.29) is 11.3 Å². The standard InChI is InChI=1S/C17H22N2O2/c1-17(7-8-17)15(20)13-18-9-11-19(12-10-18)16(21)14-5-3-2-4-6-14/h2-6H,7-13H2,1H3. The summed E-state index contributed by atoms with van der Waals surface area (Å²) in [5, 5.41) is 0. The third-order valence-electron chi connectivity index (χ3n) is 4.72. The second-order valence-corrected chi connectivity index (χ2v) is 6.42. The maximum Gasteiger partial charge on any atom is 0.253 e. The van der Waals surface area contributed by atoms with Crippen LogP contribution in [0.1, 0.15) is 30.1 Å². The number of hydrogen-bond acceptors (Lipinski definition) is 3. The van der Waals surface area contributed by atoms with Crippen molar-refractivity contribution in [3.05, 3.63) is 35.9 Å². The Morgan fingerprint density at radius 3 is 2.24 bits per heavy atom. The number of piperazine rings is 1. The Morgan fingerprint density at radius 1 is 1.05 bits per heavy atom. The molecule has 3 rings (SSSR count). The molecule has 1 aromatic rings. The zero-order valence-corrected chi connectivity index (χ0v) is 12.5. The van der Waals surface area contributed by atoms with Crippen molar-refractivity contribution in [1.82, 2.24) is 9.80 Å². The fourth-order valence-electron chi connectivity index (χ4n) is 2.73. The van der Waals surface area contributed by atoms with Crippen molar-refractivity contribution in [3.63, 3.8) is 0 Å². The van der Waals surface area contributed by atoms with Gasteiger partial charge in [0.25, 0.3) is 5.91 Å². The molecule has 4 nitrogen and oxygen atoms in total. The second-order valence-electron chi connectivity index (χ2n) is 6.42. The van der Waals surface area contributed by atoms with Crippen molar-refractivity contribution in [2.24, 2.45) is 5.41 Å². The lowest BCUT2D eigenvalue weighted by molar-refractivity contribution is -0.125. The van der Waals surface area contributed by atoms with Gasteiger partial charge in [-0.3, -0.25) is 14.5 Å². The quantitative estimate of drug-likeness (QED) is 0.847. The Kier molecular flexibility index (Phi) is 3.81. The summed E-state index contributed by atoms with van der Waals surface area (Å²) < 4.78 is 0. The average molecular weight is 286 g/mol. The monoisotopic (exact) mass is 286 g/mol. The summed E-state index contributed by atoms with van der Waals surface area (Å²) >= 11 is 0. The molecule has 1 saturated heterocycles. The molecule has 2 aliphatic rings. The first-order valence-electron chi connectivity index (χ1n) is 7.68. The van der Waals surface area contributed by atoms with Crippen LogP contribution in [0, 0.1) is 5.41 Å². The highest BCUT2D eigenvalue weighted by molar-refractivity contribution is 5.94. The van der Waals surface area contributed by atoms with Crippen molar-refractivity contribution >= 4 is 11.7 Å². The molecule has 1 aliphatic carbocycles. The molecule has 0 N–H and O–H groups in total. The van der Waals surface area contributed by atoms with E-state index >= 15 is 0 Å². The third kappa shape index (κ3) is 3.16. The number of Topliss-reactive ketones (excluding diaryl/α,β-unsaturated/α-hetero) is 1. The highest BCUT2D eigenvalue weighted by Crippen LogP contribution is 2.45. The number of nitrogens with zero attached hydrogens (tertiary/aromatic N) is 2. The van der Waals surface area contributed by atoms with Crippen LogP contribution in [0.5, 0.6) is 0 Å². The fraction of sp³-hybridized carbons (Fsp3) is 0.529. The Hall–Kier alpha value is -1.68. The Labute approximate surface area is 125 Å². The van der Waals surface area contributed by atoms with Crippen LogP contribution in [0.3, 0.4) is 0 Å². The van der Waals surface area contributed by atoms with E-state index in [2.05, 4.69) is 11.8 Å². The van der Waals surface area contributed by atoms with Gasteiger partial charge in [0.05, 0.1) is 6.54 Å². The van der Waals surface area contributed by atoms with Crippen LogP contribution in [0.4, 0.5) is 0 Å². The number of hydrogen-bond donors (Lipinski definition) is 0. The topological polar surface area (TPSA) is 40.6 Å². The smallest absolute Gasteiger partial charge is 0.253 e. The molecule has 0 aromatic heterocycles. The van der Waals surface area contributed by atoms with Gasteiger partial charge >= 0.3 is 0 Å². The molecule has 1 saturated carbocycles. The van der Waals surface area contributed by atoms with Gasteiger partial charge in [-0.05, 0) is 25.0 Å². The van der Waals surface area contributed by atoms with E-state index in [1.165, 1.54) is 0 Å². The number of carbonyl (C=O) groups excluding carboxylic acids is 2. The van der Waals surface area contributed by atoms with Gasteiger partial charge in [0.2, 0.25) is 0 Å². The molecule has 0 radical (unpaired) electrons. The van der Waals surface area contributed by atoms with Crippen LogP contribution in [0.25, 0.3) is 0 Å². The molecule has 1 amide bonds. The fourth-order valence-corrected chi connectivity index (χ4v) is 2.73. The van der Waals surface area contributed by atoms with Crippen LogP contribution >= 0.6 is 0 Å². The number of ketones is 1. The lowest BCUT2D eigenvalue weighted by Crippen LogP contribution is -2.50. The lowest BCUT2D eigenvalue weighted by Gasteiger charge is -2.34. The number of benzene rings is 1. The minimum absolute atomic E-state index is 0.0447. The predicted octanol–water partition coefficient (Wildman–Crippen LogP) is 1.81. The van der Waals surface area contributed by atoms with Crippen molar-refractivity contribution in [2.45, 2.75) is 19.8 Å². The Bertz CT molecular complexity index is 529. The average Bonchev–Trinajstić information content (AvgIpc) is 3.27. The summed E-state index contributed by atoms with van der Waals surface area (Å²) in [4.78, 5) is 28.5. The first-order valence-corrected chi connectivity index (χ1v) is 7.68. The summed E-state index contributed by atoms with van der Waals surface area (Å²) in [6.07, 6.45) is 2.08. The minimum atomic E-state index is -0.0447. The van der Waals surface area contributed by atoms with Crippen molar-refractivity contribution < 1.29 is 9.59 Å². The van der Waals surface area contributed by atoms with Crippen molar-refractivity contribution in [1.29, 1.82) is 0 Å². The zero-order valence-electron chi connectivity index (χ0n) is 12.5. The highest BCUT2D eigenvalue weighted by Gasteiger charge is 2.44. The van der Waals surface area contributed by atoms with Crippen LogP contribution < -0.4 is 0 Å². The van der Waals surface area contributed by atoms with Gasteiger partial charge in [-0.2, -0.15) is 0 Å². The maximum atomic E-state index is 12.3. The summed E-state index contributed by atoms with van der Waals surface area (Å²) in [7, 11) is 0. The van der Waals surface area contributed by atoms with E-state index < -0.39 is 0 Å². The summed E-state index contributed by atoms with van der Waals surface area (Å²) in [6, 6.07) is 9.40. The largest absolute Gasteiger partial charge is 0.336 e. The molecule has 112 valence electrons. The Balaban J connectivity index is 1.51. The summed E-state index contributed by atoms with van der Waals surface area (Å²) in [5.74, 6) is 0.459. The molecule has 0 unspecified atom stereocenters. The summed E-state index contributed by atoms with van der Waals surface area (Å²) in [5.41, 5.74) is 0.698. The molecule has 0 spiro atoms. The zero-order chi connectivity index (χ0) is 14.9. The highest BCUT2D eigenvalue weighted by atomic mass is 16.2. The SMILES string of the molecule is CC1(C(=O)CN2CCN(C(=O)c3ccccc3)CC2)CC1. The molecule has 0 atom stereocenters. The van der Waals surface area contributed by atoms with E-state index in [0.29, 0.717) is 25.4 Å². The normalized spacial score (nSPS) is 21.1. The number of rotatable bonds is 4. The van der Waals surface area contributed by atoms with Gasteiger partial charge in [0.1, 0.15) is 0 Å². The maximum absolute atomic E-state index is 12.3.